The summed E-state index contributed by atoms with van der Waals surface area (Å²) in [6, 6.07) is 20.9. The molecule has 7 heteroatoms. The highest BCUT2D eigenvalue weighted by Gasteiger charge is 2.53. The lowest BCUT2D eigenvalue weighted by Crippen LogP contribution is -2.47. The van der Waals surface area contributed by atoms with Crippen LogP contribution in [0.15, 0.2) is 76.0 Å². The first-order chi connectivity index (χ1) is 16.4. The minimum absolute atomic E-state index is 0.171. The molecule has 0 bridgehead atoms. The first kappa shape index (κ1) is 21.1. The molecule has 3 aromatic carbocycles. The van der Waals surface area contributed by atoms with Gasteiger partial charge in [-0.25, -0.2) is 9.78 Å². The maximum absolute atomic E-state index is 13.7. The van der Waals surface area contributed by atoms with E-state index in [0.717, 1.165) is 26.7 Å². The zero-order valence-corrected chi connectivity index (χ0v) is 20.0. The predicted octanol–water partition coefficient (Wildman–Crippen LogP) is 5.91. The Kier molecular flexibility index (Phi) is 4.68. The number of fused-ring (bicyclic) bond motifs is 5. The van der Waals surface area contributed by atoms with Crippen LogP contribution < -0.4 is 5.56 Å². The van der Waals surface area contributed by atoms with Gasteiger partial charge in [0.2, 0.25) is 0 Å². The highest BCUT2D eigenvalue weighted by Crippen LogP contribution is 2.55. The van der Waals surface area contributed by atoms with Crippen molar-refractivity contribution in [3.63, 3.8) is 0 Å². The molecule has 170 valence electrons. The standard InChI is InChI=1S/C27H21BrN2O4/c1-27(34-26(32)33,24-18-8-4-2-6-16(18)17-7-3-5-9-19(17)24)22-12-13-23-29-21-14-15(28)10-11-20(21)25(31)30(22)23/h2-11,14,22,24H,12-13H2,1H3,(H,32,33). The fourth-order valence-electron chi connectivity index (χ4n) is 5.93. The summed E-state index contributed by atoms with van der Waals surface area (Å²) in [5.74, 6) is 0.292. The third kappa shape index (κ3) is 2.96. The Morgan fingerprint density at radius 3 is 2.38 bits per heavy atom. The summed E-state index contributed by atoms with van der Waals surface area (Å²) in [6.07, 6.45) is -0.232. The van der Waals surface area contributed by atoms with Crippen LogP contribution in [-0.2, 0) is 11.2 Å². The van der Waals surface area contributed by atoms with E-state index < -0.39 is 17.8 Å². The molecule has 4 aromatic rings. The van der Waals surface area contributed by atoms with E-state index in [9.17, 15) is 14.7 Å². The van der Waals surface area contributed by atoms with Gasteiger partial charge in [0.25, 0.3) is 5.56 Å². The van der Waals surface area contributed by atoms with Gasteiger partial charge in [0.1, 0.15) is 11.4 Å². The average molecular weight is 517 g/mol. The fraction of sp³-hybridized carbons (Fsp3) is 0.222. The minimum Gasteiger partial charge on any atom is -0.450 e. The number of benzene rings is 3. The van der Waals surface area contributed by atoms with Crippen LogP contribution in [0, 0.1) is 0 Å². The summed E-state index contributed by atoms with van der Waals surface area (Å²) in [5, 5.41) is 10.4. The monoisotopic (exact) mass is 516 g/mol. The van der Waals surface area contributed by atoms with Crippen molar-refractivity contribution in [1.29, 1.82) is 0 Å². The highest BCUT2D eigenvalue weighted by molar-refractivity contribution is 9.10. The molecule has 1 aliphatic carbocycles. The van der Waals surface area contributed by atoms with Crippen LogP contribution in [0.4, 0.5) is 4.79 Å². The van der Waals surface area contributed by atoms with E-state index in [-0.39, 0.29) is 11.5 Å². The summed E-state index contributed by atoms with van der Waals surface area (Å²) in [7, 11) is 0. The van der Waals surface area contributed by atoms with E-state index in [4.69, 9.17) is 9.72 Å². The third-order valence-corrected chi connectivity index (χ3v) is 7.76. The predicted molar refractivity (Wildman–Crippen MR) is 132 cm³/mol. The molecule has 0 saturated heterocycles. The fourth-order valence-corrected chi connectivity index (χ4v) is 6.28. The van der Waals surface area contributed by atoms with Gasteiger partial charge in [-0.3, -0.25) is 9.36 Å². The van der Waals surface area contributed by atoms with E-state index in [1.54, 1.807) is 10.6 Å². The second kappa shape index (κ2) is 7.53. The topological polar surface area (TPSA) is 81.4 Å². The van der Waals surface area contributed by atoms with Crippen molar-refractivity contribution in [3.05, 3.63) is 98.5 Å². The van der Waals surface area contributed by atoms with Gasteiger partial charge in [0, 0.05) is 10.9 Å². The van der Waals surface area contributed by atoms with Crippen LogP contribution in [0.2, 0.25) is 0 Å². The van der Waals surface area contributed by atoms with Crippen molar-refractivity contribution in [2.45, 2.75) is 37.3 Å². The minimum atomic E-state index is -1.36. The lowest BCUT2D eigenvalue weighted by molar-refractivity contribution is -0.0492. The van der Waals surface area contributed by atoms with Gasteiger partial charge in [-0.1, -0.05) is 64.5 Å². The maximum Gasteiger partial charge on any atom is 0.506 e. The Balaban J connectivity index is 1.59. The summed E-state index contributed by atoms with van der Waals surface area (Å²) >= 11 is 3.45. The number of aromatic nitrogens is 2. The molecule has 0 spiro atoms. The van der Waals surface area contributed by atoms with Crippen molar-refractivity contribution in [3.8, 4) is 11.1 Å². The number of carbonyl (C=O) groups is 1. The average Bonchev–Trinajstić information content (AvgIpc) is 3.39. The number of aryl methyl sites for hydroxylation is 1. The van der Waals surface area contributed by atoms with Crippen LogP contribution in [0.3, 0.4) is 0 Å². The first-order valence-corrected chi connectivity index (χ1v) is 12.0. The summed E-state index contributed by atoms with van der Waals surface area (Å²) in [4.78, 5) is 30.5. The molecule has 2 heterocycles. The molecule has 2 aliphatic rings. The van der Waals surface area contributed by atoms with Crippen molar-refractivity contribution in [2.75, 3.05) is 0 Å². The van der Waals surface area contributed by atoms with Crippen molar-refractivity contribution in [2.24, 2.45) is 0 Å². The summed E-state index contributed by atoms with van der Waals surface area (Å²) in [6.45, 7) is 1.82. The number of rotatable bonds is 3. The lowest BCUT2D eigenvalue weighted by Gasteiger charge is -2.40. The maximum atomic E-state index is 13.7. The molecule has 0 fully saturated rings. The van der Waals surface area contributed by atoms with E-state index in [2.05, 4.69) is 28.1 Å². The van der Waals surface area contributed by atoms with Gasteiger partial charge in [0.15, 0.2) is 0 Å². The Morgan fingerprint density at radius 2 is 1.74 bits per heavy atom. The molecule has 0 amide bonds. The van der Waals surface area contributed by atoms with Gasteiger partial charge in [-0.15, -0.1) is 0 Å². The normalized spacial score (nSPS) is 18.2. The molecule has 0 saturated carbocycles. The molecule has 0 radical (unpaired) electrons. The van der Waals surface area contributed by atoms with Gasteiger partial charge in [0.05, 0.1) is 22.9 Å². The molecule has 2 unspecified atom stereocenters. The number of hydrogen-bond acceptors (Lipinski definition) is 4. The van der Waals surface area contributed by atoms with Crippen LogP contribution in [0.1, 0.15) is 42.3 Å². The zero-order chi connectivity index (χ0) is 23.6. The van der Waals surface area contributed by atoms with Gasteiger partial charge >= 0.3 is 6.16 Å². The Bertz CT molecular complexity index is 1500. The van der Waals surface area contributed by atoms with E-state index >= 15 is 0 Å². The summed E-state index contributed by atoms with van der Waals surface area (Å²) < 4.78 is 8.30. The Labute approximate surface area is 204 Å². The molecule has 2 atom stereocenters. The zero-order valence-electron chi connectivity index (χ0n) is 18.4. The number of carboxylic acid groups (broad SMARTS) is 1. The molecule has 6 rings (SSSR count). The van der Waals surface area contributed by atoms with Crippen molar-refractivity contribution >= 4 is 33.0 Å². The third-order valence-electron chi connectivity index (χ3n) is 7.27. The Hall–Kier alpha value is -3.45. The van der Waals surface area contributed by atoms with E-state index in [1.165, 1.54) is 0 Å². The molecular formula is C27H21BrN2O4. The van der Waals surface area contributed by atoms with Crippen LogP contribution >= 0.6 is 15.9 Å². The number of halogens is 1. The molecule has 1 aliphatic heterocycles. The molecule has 1 aromatic heterocycles. The smallest absolute Gasteiger partial charge is 0.450 e. The molecule has 6 nitrogen and oxygen atoms in total. The van der Waals surface area contributed by atoms with Crippen LogP contribution in [0.25, 0.3) is 22.0 Å². The largest absolute Gasteiger partial charge is 0.506 e. The SMILES string of the molecule is CC(OC(=O)O)(C1c2ccccc2-c2ccccc21)C1CCc2nc3cc(Br)ccc3c(=O)n21. The van der Waals surface area contributed by atoms with E-state index in [0.29, 0.717) is 29.6 Å². The van der Waals surface area contributed by atoms with Gasteiger partial charge in [-0.05, 0) is 53.8 Å². The second-order valence-electron chi connectivity index (χ2n) is 9.08. The first-order valence-electron chi connectivity index (χ1n) is 11.2. The Morgan fingerprint density at radius 1 is 1.09 bits per heavy atom. The van der Waals surface area contributed by atoms with Crippen LogP contribution in [0.5, 0.6) is 0 Å². The van der Waals surface area contributed by atoms with E-state index in [1.807, 2.05) is 55.5 Å². The van der Waals surface area contributed by atoms with Crippen molar-refractivity contribution < 1.29 is 14.6 Å². The second-order valence-corrected chi connectivity index (χ2v) is 9.99. The van der Waals surface area contributed by atoms with Crippen molar-refractivity contribution in [1.82, 2.24) is 9.55 Å². The van der Waals surface area contributed by atoms with Gasteiger partial charge in [-0.2, -0.15) is 0 Å². The number of hydrogen-bond donors (Lipinski definition) is 1. The van der Waals surface area contributed by atoms with Crippen LogP contribution in [-0.4, -0.2) is 26.4 Å². The molecular weight excluding hydrogens is 496 g/mol. The quantitative estimate of drug-likeness (QED) is 0.342. The number of ether oxygens (including phenoxy) is 1. The lowest BCUT2D eigenvalue weighted by atomic mass is 9.76. The van der Waals surface area contributed by atoms with Gasteiger partial charge < -0.3 is 9.84 Å². The molecule has 1 N–H and O–H groups in total. The summed E-state index contributed by atoms with van der Waals surface area (Å²) in [5.41, 5.74) is 3.37. The highest BCUT2D eigenvalue weighted by atomic mass is 79.9. The molecule has 34 heavy (non-hydrogen) atoms. The number of nitrogens with zero attached hydrogens (tertiary/aromatic N) is 2.